The van der Waals surface area contributed by atoms with Gasteiger partial charge >= 0.3 is 0 Å². The molecule has 0 aliphatic heterocycles. The Labute approximate surface area is 188 Å². The van der Waals surface area contributed by atoms with E-state index in [9.17, 15) is 4.79 Å². The van der Waals surface area contributed by atoms with Gasteiger partial charge in [-0.15, -0.1) is 0 Å². The Bertz CT molecular complexity index is 1200. The molecule has 0 fully saturated rings. The number of rotatable bonds is 8. The van der Waals surface area contributed by atoms with Crippen molar-refractivity contribution in [3.8, 4) is 22.3 Å². The van der Waals surface area contributed by atoms with Gasteiger partial charge in [0.15, 0.2) is 0 Å². The number of fused-ring (bicyclic) bond motifs is 1. The van der Waals surface area contributed by atoms with E-state index in [-0.39, 0.29) is 11.9 Å². The number of aryl methyl sites for hydroxylation is 1. The molecule has 1 aromatic heterocycles. The molecule has 0 radical (unpaired) electrons. The molecule has 0 saturated carbocycles. The summed E-state index contributed by atoms with van der Waals surface area (Å²) in [7, 11) is 0. The fraction of sp³-hybridized carbons (Fsp3) is 0.222. The lowest BCUT2D eigenvalue weighted by molar-refractivity contribution is 0.0947. The summed E-state index contributed by atoms with van der Waals surface area (Å²) in [6, 6.07) is 24.7. The van der Waals surface area contributed by atoms with E-state index in [2.05, 4.69) is 59.7 Å². The standard InChI is InChI=1S/C27H30N4O/c1-18-9-11-19(12-10-18)21-13-14-23-24(16-21)31-26(25(23)20-6-3-2-4-7-20)27(32)30-17-22(29)8-5-15-28/h2-4,6-7,9-14,16,22,31H,5,8,15,17,28-29H2,1H3,(H,30,32)/t22-/m1/s1. The molecule has 32 heavy (non-hydrogen) atoms. The lowest BCUT2D eigenvalue weighted by Crippen LogP contribution is -2.37. The number of carbonyl (C=O) groups is 1. The zero-order chi connectivity index (χ0) is 22.5. The molecular weight excluding hydrogens is 396 g/mol. The van der Waals surface area contributed by atoms with Crippen LogP contribution in [-0.4, -0.2) is 30.0 Å². The number of aromatic amines is 1. The molecule has 164 valence electrons. The van der Waals surface area contributed by atoms with Crippen LogP contribution in [0.5, 0.6) is 0 Å². The van der Waals surface area contributed by atoms with Crippen molar-refractivity contribution in [1.29, 1.82) is 0 Å². The minimum absolute atomic E-state index is 0.111. The van der Waals surface area contributed by atoms with Crippen molar-refractivity contribution in [1.82, 2.24) is 10.3 Å². The number of amides is 1. The quantitative estimate of drug-likeness (QED) is 0.331. The largest absolute Gasteiger partial charge is 0.350 e. The second-order valence-electron chi connectivity index (χ2n) is 8.27. The highest BCUT2D eigenvalue weighted by Gasteiger charge is 2.20. The zero-order valence-corrected chi connectivity index (χ0v) is 18.4. The minimum atomic E-state index is -0.153. The summed E-state index contributed by atoms with van der Waals surface area (Å²) in [5.74, 6) is -0.153. The Morgan fingerprint density at radius 2 is 1.69 bits per heavy atom. The topological polar surface area (TPSA) is 96.9 Å². The summed E-state index contributed by atoms with van der Waals surface area (Å²) < 4.78 is 0. The van der Waals surface area contributed by atoms with E-state index in [1.165, 1.54) is 5.56 Å². The molecule has 0 spiro atoms. The van der Waals surface area contributed by atoms with Crippen LogP contribution in [0.2, 0.25) is 0 Å². The molecule has 0 bridgehead atoms. The van der Waals surface area contributed by atoms with Gasteiger partial charge in [0, 0.05) is 29.1 Å². The van der Waals surface area contributed by atoms with Crippen molar-refractivity contribution in [2.75, 3.05) is 13.1 Å². The highest BCUT2D eigenvalue weighted by molar-refractivity contribution is 6.10. The SMILES string of the molecule is Cc1ccc(-c2ccc3c(-c4ccccc4)c(C(=O)NC[C@H](N)CCCN)[nH]c3c2)cc1. The molecule has 0 saturated heterocycles. The Hall–Kier alpha value is -3.41. The molecule has 4 aromatic rings. The second-order valence-corrected chi connectivity index (χ2v) is 8.27. The van der Waals surface area contributed by atoms with Gasteiger partial charge < -0.3 is 21.8 Å². The van der Waals surface area contributed by atoms with E-state index in [0.717, 1.165) is 46.0 Å². The fourth-order valence-corrected chi connectivity index (χ4v) is 3.99. The van der Waals surface area contributed by atoms with E-state index in [1.807, 2.05) is 30.3 Å². The van der Waals surface area contributed by atoms with Crippen LogP contribution in [0.4, 0.5) is 0 Å². The Kier molecular flexibility index (Phi) is 6.69. The first-order chi connectivity index (χ1) is 15.6. The first kappa shape index (κ1) is 21.8. The van der Waals surface area contributed by atoms with Crippen LogP contribution in [0, 0.1) is 6.92 Å². The average molecular weight is 427 g/mol. The third-order valence-electron chi connectivity index (χ3n) is 5.78. The molecule has 1 amide bonds. The normalized spacial score (nSPS) is 12.1. The first-order valence-corrected chi connectivity index (χ1v) is 11.1. The van der Waals surface area contributed by atoms with Crippen molar-refractivity contribution in [3.05, 3.63) is 84.1 Å². The summed E-state index contributed by atoms with van der Waals surface area (Å²) in [6.07, 6.45) is 1.63. The van der Waals surface area contributed by atoms with Crippen molar-refractivity contribution < 1.29 is 4.79 Å². The third-order valence-corrected chi connectivity index (χ3v) is 5.78. The van der Waals surface area contributed by atoms with Gasteiger partial charge in [-0.05, 0) is 49.1 Å². The fourth-order valence-electron chi connectivity index (χ4n) is 3.99. The molecule has 0 aliphatic carbocycles. The lowest BCUT2D eigenvalue weighted by Gasteiger charge is -2.12. The van der Waals surface area contributed by atoms with Crippen molar-refractivity contribution in [2.24, 2.45) is 11.5 Å². The summed E-state index contributed by atoms with van der Waals surface area (Å²) in [5.41, 5.74) is 18.6. The lowest BCUT2D eigenvalue weighted by atomic mass is 9.98. The number of nitrogens with one attached hydrogen (secondary N) is 2. The number of carbonyl (C=O) groups excluding carboxylic acids is 1. The van der Waals surface area contributed by atoms with E-state index in [0.29, 0.717) is 18.8 Å². The van der Waals surface area contributed by atoms with E-state index >= 15 is 0 Å². The van der Waals surface area contributed by atoms with Crippen LogP contribution >= 0.6 is 0 Å². The predicted molar refractivity (Wildman–Crippen MR) is 133 cm³/mol. The molecule has 4 rings (SSSR count). The molecule has 6 N–H and O–H groups in total. The van der Waals surface area contributed by atoms with Gasteiger partial charge in [-0.1, -0.05) is 72.3 Å². The predicted octanol–water partition coefficient (Wildman–Crippen LogP) is 4.61. The third kappa shape index (κ3) is 4.74. The zero-order valence-electron chi connectivity index (χ0n) is 18.4. The minimum Gasteiger partial charge on any atom is -0.350 e. The Morgan fingerprint density at radius 3 is 2.41 bits per heavy atom. The number of H-pyrrole nitrogens is 1. The summed E-state index contributed by atoms with van der Waals surface area (Å²) >= 11 is 0. The van der Waals surface area contributed by atoms with Gasteiger partial charge in [-0.2, -0.15) is 0 Å². The monoisotopic (exact) mass is 426 g/mol. The van der Waals surface area contributed by atoms with Crippen LogP contribution in [0.1, 0.15) is 28.9 Å². The van der Waals surface area contributed by atoms with Crippen LogP contribution in [0.25, 0.3) is 33.2 Å². The molecule has 5 nitrogen and oxygen atoms in total. The Balaban J connectivity index is 1.71. The van der Waals surface area contributed by atoms with E-state index in [4.69, 9.17) is 11.5 Å². The van der Waals surface area contributed by atoms with Crippen molar-refractivity contribution in [3.63, 3.8) is 0 Å². The number of nitrogens with two attached hydrogens (primary N) is 2. The van der Waals surface area contributed by atoms with Gasteiger partial charge in [-0.3, -0.25) is 4.79 Å². The maximum atomic E-state index is 13.2. The molecule has 5 heteroatoms. The number of hydrogen-bond acceptors (Lipinski definition) is 3. The molecule has 3 aromatic carbocycles. The second kappa shape index (κ2) is 9.81. The maximum Gasteiger partial charge on any atom is 0.268 e. The van der Waals surface area contributed by atoms with Gasteiger partial charge in [0.1, 0.15) is 5.69 Å². The number of hydrogen-bond donors (Lipinski definition) is 4. The van der Waals surface area contributed by atoms with Crippen LogP contribution in [0.3, 0.4) is 0 Å². The maximum absolute atomic E-state index is 13.2. The van der Waals surface area contributed by atoms with Gasteiger partial charge in [0.25, 0.3) is 5.91 Å². The van der Waals surface area contributed by atoms with E-state index < -0.39 is 0 Å². The molecule has 1 atom stereocenters. The summed E-state index contributed by atoms with van der Waals surface area (Å²) in [6.45, 7) is 3.10. The van der Waals surface area contributed by atoms with Crippen molar-refractivity contribution in [2.45, 2.75) is 25.8 Å². The molecule has 1 heterocycles. The number of benzene rings is 3. The molecule has 0 aliphatic rings. The van der Waals surface area contributed by atoms with Gasteiger partial charge in [0.2, 0.25) is 0 Å². The summed E-state index contributed by atoms with van der Waals surface area (Å²) in [4.78, 5) is 16.5. The van der Waals surface area contributed by atoms with Gasteiger partial charge in [-0.25, -0.2) is 0 Å². The molecular formula is C27H30N4O. The summed E-state index contributed by atoms with van der Waals surface area (Å²) in [5, 5.41) is 4.01. The van der Waals surface area contributed by atoms with Crippen LogP contribution in [-0.2, 0) is 0 Å². The Morgan fingerprint density at radius 1 is 0.969 bits per heavy atom. The van der Waals surface area contributed by atoms with Gasteiger partial charge in [0.05, 0.1) is 0 Å². The van der Waals surface area contributed by atoms with E-state index in [1.54, 1.807) is 0 Å². The van der Waals surface area contributed by atoms with Crippen LogP contribution in [0.15, 0.2) is 72.8 Å². The first-order valence-electron chi connectivity index (χ1n) is 11.1. The van der Waals surface area contributed by atoms with Crippen molar-refractivity contribution >= 4 is 16.8 Å². The van der Waals surface area contributed by atoms with Crippen LogP contribution < -0.4 is 16.8 Å². The highest BCUT2D eigenvalue weighted by atomic mass is 16.1. The number of aromatic nitrogens is 1. The molecule has 0 unspecified atom stereocenters. The smallest absolute Gasteiger partial charge is 0.268 e. The highest BCUT2D eigenvalue weighted by Crippen LogP contribution is 2.34. The average Bonchev–Trinajstić information content (AvgIpc) is 3.21.